The van der Waals surface area contributed by atoms with Gasteiger partial charge in [0.05, 0.1) is 17.4 Å². The van der Waals surface area contributed by atoms with Gasteiger partial charge in [0.15, 0.2) is 0 Å². The molecule has 2 aromatic rings. The molecule has 4 N–H and O–H groups in total. The van der Waals surface area contributed by atoms with E-state index < -0.39 is 5.91 Å². The molecule has 0 fully saturated rings. The van der Waals surface area contributed by atoms with Crippen LogP contribution in [-0.4, -0.2) is 22.2 Å². The van der Waals surface area contributed by atoms with Gasteiger partial charge < -0.3 is 11.5 Å². The summed E-state index contributed by atoms with van der Waals surface area (Å²) in [5.41, 5.74) is 13.1. The van der Waals surface area contributed by atoms with Gasteiger partial charge in [0.25, 0.3) is 5.91 Å². The first kappa shape index (κ1) is 11.3. The Morgan fingerprint density at radius 1 is 1.41 bits per heavy atom. The van der Waals surface area contributed by atoms with Crippen molar-refractivity contribution in [2.75, 3.05) is 6.54 Å². The van der Waals surface area contributed by atoms with Gasteiger partial charge >= 0.3 is 0 Å². The number of hydrogen-bond donors (Lipinski definition) is 2. The van der Waals surface area contributed by atoms with Gasteiger partial charge in [0.2, 0.25) is 0 Å². The van der Waals surface area contributed by atoms with E-state index >= 15 is 0 Å². The summed E-state index contributed by atoms with van der Waals surface area (Å²) in [5.74, 6) is -0.477. The molecule has 1 amide bonds. The van der Waals surface area contributed by atoms with E-state index in [1.165, 1.54) is 6.20 Å². The topological polar surface area (TPSA) is 86.9 Å². The van der Waals surface area contributed by atoms with E-state index in [-0.39, 0.29) is 0 Å². The van der Waals surface area contributed by atoms with E-state index in [1.807, 2.05) is 24.3 Å². The van der Waals surface area contributed by atoms with Crippen molar-refractivity contribution in [3.05, 3.63) is 47.8 Å². The predicted octanol–water partition coefficient (Wildman–Crippen LogP) is 0.472. The summed E-state index contributed by atoms with van der Waals surface area (Å²) in [6, 6.07) is 7.85. The third kappa shape index (κ3) is 2.51. The van der Waals surface area contributed by atoms with Crippen LogP contribution < -0.4 is 11.5 Å². The zero-order valence-electron chi connectivity index (χ0n) is 9.34. The van der Waals surface area contributed by atoms with Crippen LogP contribution in [0.15, 0.2) is 36.7 Å². The van der Waals surface area contributed by atoms with E-state index in [4.69, 9.17) is 11.5 Å². The molecule has 0 aliphatic heterocycles. The summed E-state index contributed by atoms with van der Waals surface area (Å²) in [4.78, 5) is 11.0. The van der Waals surface area contributed by atoms with Crippen molar-refractivity contribution in [1.29, 1.82) is 0 Å². The highest BCUT2D eigenvalue weighted by molar-refractivity contribution is 5.92. The van der Waals surface area contributed by atoms with E-state index in [2.05, 4.69) is 5.10 Å². The molecule has 17 heavy (non-hydrogen) atoms. The highest BCUT2D eigenvalue weighted by atomic mass is 16.1. The van der Waals surface area contributed by atoms with Crippen LogP contribution >= 0.6 is 0 Å². The number of nitrogens with zero attached hydrogens (tertiary/aromatic N) is 2. The lowest BCUT2D eigenvalue weighted by Crippen LogP contribution is -2.09. The number of carbonyl (C=O) groups is 1. The highest BCUT2D eigenvalue weighted by Crippen LogP contribution is 2.11. The van der Waals surface area contributed by atoms with Gasteiger partial charge in [0.1, 0.15) is 0 Å². The van der Waals surface area contributed by atoms with E-state index in [9.17, 15) is 4.79 Å². The molecule has 1 aromatic carbocycles. The standard InChI is InChI=1S/C12H14N4O/c13-5-4-9-2-1-3-11(6-9)16-8-10(7-15-16)12(14)17/h1-3,6-8H,4-5,13H2,(H2,14,17). The number of benzene rings is 1. The lowest BCUT2D eigenvalue weighted by Gasteiger charge is -2.04. The lowest BCUT2D eigenvalue weighted by molar-refractivity contribution is 0.100. The van der Waals surface area contributed by atoms with Crippen LogP contribution in [0.4, 0.5) is 0 Å². The second-order valence-electron chi connectivity index (χ2n) is 3.75. The molecule has 5 heteroatoms. The molecule has 0 unspecified atom stereocenters. The van der Waals surface area contributed by atoms with Crippen LogP contribution in [0.2, 0.25) is 0 Å². The summed E-state index contributed by atoms with van der Waals surface area (Å²) in [6.45, 7) is 0.606. The van der Waals surface area contributed by atoms with Gasteiger partial charge in [-0.1, -0.05) is 12.1 Å². The molecule has 0 aliphatic rings. The summed E-state index contributed by atoms with van der Waals surface area (Å²) in [5, 5.41) is 4.09. The monoisotopic (exact) mass is 230 g/mol. The van der Waals surface area contributed by atoms with Crippen LogP contribution in [0.5, 0.6) is 0 Å². The van der Waals surface area contributed by atoms with Crippen LogP contribution in [0.1, 0.15) is 15.9 Å². The molecule has 1 aromatic heterocycles. The number of primary amides is 1. The fourth-order valence-electron chi connectivity index (χ4n) is 1.61. The molecule has 0 radical (unpaired) electrons. The largest absolute Gasteiger partial charge is 0.366 e. The third-order valence-electron chi connectivity index (χ3n) is 2.48. The summed E-state index contributed by atoms with van der Waals surface area (Å²) >= 11 is 0. The summed E-state index contributed by atoms with van der Waals surface area (Å²) in [7, 11) is 0. The smallest absolute Gasteiger partial charge is 0.251 e. The van der Waals surface area contributed by atoms with Gasteiger partial charge in [-0.2, -0.15) is 5.10 Å². The zero-order chi connectivity index (χ0) is 12.3. The van der Waals surface area contributed by atoms with Gasteiger partial charge in [0, 0.05) is 6.20 Å². The average molecular weight is 230 g/mol. The molecule has 2 rings (SSSR count). The van der Waals surface area contributed by atoms with Crippen molar-refractivity contribution >= 4 is 5.91 Å². The second-order valence-corrected chi connectivity index (χ2v) is 3.75. The Bertz CT molecular complexity index is 533. The van der Waals surface area contributed by atoms with Gasteiger partial charge in [-0.15, -0.1) is 0 Å². The SMILES string of the molecule is NCCc1cccc(-n2cc(C(N)=O)cn2)c1. The molecule has 5 nitrogen and oxygen atoms in total. The Kier molecular flexibility index (Phi) is 3.20. The average Bonchev–Trinajstić information content (AvgIpc) is 2.79. The summed E-state index contributed by atoms with van der Waals surface area (Å²) < 4.78 is 1.63. The van der Waals surface area contributed by atoms with Crippen LogP contribution in [0, 0.1) is 0 Å². The van der Waals surface area contributed by atoms with Crippen LogP contribution in [0.25, 0.3) is 5.69 Å². The quantitative estimate of drug-likeness (QED) is 0.800. The van der Waals surface area contributed by atoms with Crippen molar-refractivity contribution in [1.82, 2.24) is 9.78 Å². The first-order valence-electron chi connectivity index (χ1n) is 5.34. The Hall–Kier alpha value is -2.14. The predicted molar refractivity (Wildman–Crippen MR) is 64.8 cm³/mol. The fraction of sp³-hybridized carbons (Fsp3) is 0.167. The molecule has 0 bridgehead atoms. The van der Waals surface area contributed by atoms with E-state index in [0.717, 1.165) is 17.7 Å². The number of carbonyl (C=O) groups excluding carboxylic acids is 1. The van der Waals surface area contributed by atoms with Crippen molar-refractivity contribution in [3.8, 4) is 5.69 Å². The first-order valence-corrected chi connectivity index (χ1v) is 5.34. The molecule has 0 aliphatic carbocycles. The highest BCUT2D eigenvalue weighted by Gasteiger charge is 2.05. The molecule has 88 valence electrons. The molecule has 0 saturated heterocycles. The van der Waals surface area contributed by atoms with Crippen molar-refractivity contribution in [3.63, 3.8) is 0 Å². The Morgan fingerprint density at radius 2 is 2.24 bits per heavy atom. The molecular weight excluding hydrogens is 216 g/mol. The zero-order valence-corrected chi connectivity index (χ0v) is 9.34. The summed E-state index contributed by atoms with van der Waals surface area (Å²) in [6.07, 6.45) is 3.89. The maximum absolute atomic E-state index is 11.0. The van der Waals surface area contributed by atoms with Gasteiger partial charge in [-0.05, 0) is 30.7 Å². The van der Waals surface area contributed by atoms with Crippen LogP contribution in [0.3, 0.4) is 0 Å². The maximum Gasteiger partial charge on any atom is 0.251 e. The minimum atomic E-state index is -0.477. The second kappa shape index (κ2) is 4.80. The number of hydrogen-bond acceptors (Lipinski definition) is 3. The molecule has 0 saturated carbocycles. The van der Waals surface area contributed by atoms with E-state index in [1.54, 1.807) is 10.9 Å². The first-order chi connectivity index (χ1) is 8.20. The minimum absolute atomic E-state index is 0.397. The van der Waals surface area contributed by atoms with Crippen molar-refractivity contribution < 1.29 is 4.79 Å². The lowest BCUT2D eigenvalue weighted by atomic mass is 10.1. The Labute approximate surface area is 99.0 Å². The molecule has 0 atom stereocenters. The molecule has 0 spiro atoms. The third-order valence-corrected chi connectivity index (χ3v) is 2.48. The molecule has 1 heterocycles. The van der Waals surface area contributed by atoms with E-state index in [0.29, 0.717) is 12.1 Å². The minimum Gasteiger partial charge on any atom is -0.366 e. The Morgan fingerprint density at radius 3 is 2.88 bits per heavy atom. The normalized spacial score (nSPS) is 10.4. The van der Waals surface area contributed by atoms with Gasteiger partial charge in [-0.3, -0.25) is 4.79 Å². The number of aromatic nitrogens is 2. The molecular formula is C12H14N4O. The number of rotatable bonds is 4. The number of amides is 1. The van der Waals surface area contributed by atoms with Gasteiger partial charge in [-0.25, -0.2) is 4.68 Å². The number of nitrogens with two attached hydrogens (primary N) is 2. The fourth-order valence-corrected chi connectivity index (χ4v) is 1.61. The Balaban J connectivity index is 2.31. The van der Waals surface area contributed by atoms with Crippen molar-refractivity contribution in [2.45, 2.75) is 6.42 Å². The van der Waals surface area contributed by atoms with Crippen LogP contribution in [-0.2, 0) is 6.42 Å². The van der Waals surface area contributed by atoms with Crippen molar-refractivity contribution in [2.24, 2.45) is 11.5 Å². The maximum atomic E-state index is 11.0.